The highest BCUT2D eigenvalue weighted by Gasteiger charge is 2.53. The second-order valence-corrected chi connectivity index (χ2v) is 6.54. The predicted octanol–water partition coefficient (Wildman–Crippen LogP) is 1.62. The summed E-state index contributed by atoms with van der Waals surface area (Å²) in [7, 11) is 0. The number of carbonyl (C=O) groups is 2. The van der Waals surface area contributed by atoms with Crippen LogP contribution in [0.4, 0.5) is 0 Å². The van der Waals surface area contributed by atoms with Crippen LogP contribution in [-0.4, -0.2) is 35.0 Å². The number of hydrogen-bond donors (Lipinski definition) is 1. The summed E-state index contributed by atoms with van der Waals surface area (Å²) in [5.41, 5.74) is 0. The zero-order valence-electron chi connectivity index (χ0n) is 11.5. The summed E-state index contributed by atoms with van der Waals surface area (Å²) in [6.45, 7) is 5.88. The van der Waals surface area contributed by atoms with E-state index in [1.807, 2.05) is 11.0 Å². The van der Waals surface area contributed by atoms with Crippen molar-refractivity contribution in [1.29, 1.82) is 0 Å². The Morgan fingerprint density at radius 2 is 1.58 bits per heavy atom. The number of carbonyl (C=O) groups excluding carboxylic acids is 1. The van der Waals surface area contributed by atoms with Crippen molar-refractivity contribution in [2.75, 3.05) is 13.1 Å². The average Bonchev–Trinajstić information content (AvgIpc) is 3.03. The van der Waals surface area contributed by atoms with Gasteiger partial charge in [0.2, 0.25) is 5.91 Å². The number of nitrogens with zero attached hydrogens (tertiary/aromatic N) is 1. The molecule has 0 aromatic carbocycles. The molecular weight excluding hydrogens is 242 g/mol. The molecule has 3 rings (SSSR count). The maximum absolute atomic E-state index is 12.7. The average molecular weight is 263 g/mol. The lowest BCUT2D eigenvalue weighted by molar-refractivity contribution is -0.150. The third-order valence-corrected chi connectivity index (χ3v) is 5.33. The standard InChI is InChI=1S/C15H21NO3/c1-8-6-16(7-9(8)2)14(17)12-10-3-4-11(5-10)13(12)15(18)19/h3-4,8-13H,5-7H2,1-2H3,(H,18,19)/t8?,9?,10?,11?,12-,13+/m0/s1. The van der Waals surface area contributed by atoms with Crippen LogP contribution in [-0.2, 0) is 9.59 Å². The number of carboxylic acids is 1. The van der Waals surface area contributed by atoms with Crippen LogP contribution >= 0.6 is 0 Å². The molecule has 4 unspecified atom stereocenters. The second-order valence-electron chi connectivity index (χ2n) is 6.54. The highest BCUT2D eigenvalue weighted by molar-refractivity contribution is 5.87. The van der Waals surface area contributed by atoms with Gasteiger partial charge in [-0.25, -0.2) is 0 Å². The van der Waals surface area contributed by atoms with Crippen molar-refractivity contribution in [1.82, 2.24) is 4.90 Å². The minimum atomic E-state index is -0.810. The maximum Gasteiger partial charge on any atom is 0.307 e. The van der Waals surface area contributed by atoms with Crippen LogP contribution in [0.25, 0.3) is 0 Å². The van der Waals surface area contributed by atoms with Gasteiger partial charge in [0, 0.05) is 13.1 Å². The summed E-state index contributed by atoms with van der Waals surface area (Å²) < 4.78 is 0. The minimum Gasteiger partial charge on any atom is -0.481 e. The van der Waals surface area contributed by atoms with E-state index in [0.29, 0.717) is 11.8 Å². The normalized spacial score (nSPS) is 44.0. The Balaban J connectivity index is 1.80. The second kappa shape index (κ2) is 4.36. The molecule has 1 heterocycles. The molecule has 3 aliphatic rings. The number of carboxylic acid groups (broad SMARTS) is 1. The van der Waals surface area contributed by atoms with E-state index in [-0.39, 0.29) is 23.7 Å². The fourth-order valence-corrected chi connectivity index (χ4v) is 4.02. The van der Waals surface area contributed by atoms with Gasteiger partial charge >= 0.3 is 5.97 Å². The van der Waals surface area contributed by atoms with Gasteiger partial charge in [-0.05, 0) is 30.1 Å². The van der Waals surface area contributed by atoms with E-state index in [1.165, 1.54) is 0 Å². The lowest BCUT2D eigenvalue weighted by Crippen LogP contribution is -2.42. The smallest absolute Gasteiger partial charge is 0.307 e. The van der Waals surface area contributed by atoms with Gasteiger partial charge in [-0.15, -0.1) is 0 Å². The molecule has 1 amide bonds. The molecule has 2 aliphatic carbocycles. The summed E-state index contributed by atoms with van der Waals surface area (Å²) in [6.07, 6.45) is 4.88. The highest BCUT2D eigenvalue weighted by atomic mass is 16.4. The first-order chi connectivity index (χ1) is 8.99. The zero-order valence-corrected chi connectivity index (χ0v) is 11.5. The van der Waals surface area contributed by atoms with Gasteiger partial charge in [-0.2, -0.15) is 0 Å². The monoisotopic (exact) mass is 263 g/mol. The van der Waals surface area contributed by atoms with E-state index in [0.717, 1.165) is 19.5 Å². The number of hydrogen-bond acceptors (Lipinski definition) is 2. The maximum atomic E-state index is 12.7. The predicted molar refractivity (Wildman–Crippen MR) is 70.3 cm³/mol. The van der Waals surface area contributed by atoms with Crippen LogP contribution in [0.3, 0.4) is 0 Å². The molecule has 0 radical (unpaired) electrons. The zero-order chi connectivity index (χ0) is 13.7. The van der Waals surface area contributed by atoms with Crippen molar-refractivity contribution in [2.45, 2.75) is 20.3 Å². The Hall–Kier alpha value is -1.32. The van der Waals surface area contributed by atoms with Gasteiger partial charge < -0.3 is 10.0 Å². The molecule has 4 nitrogen and oxygen atoms in total. The lowest BCUT2D eigenvalue weighted by atomic mass is 9.82. The van der Waals surface area contributed by atoms with Crippen molar-refractivity contribution >= 4 is 11.9 Å². The lowest BCUT2D eigenvalue weighted by Gasteiger charge is -2.28. The number of fused-ring (bicyclic) bond motifs is 2. The van der Waals surface area contributed by atoms with E-state index in [1.54, 1.807) is 0 Å². The molecule has 2 fully saturated rings. The molecule has 0 spiro atoms. The van der Waals surface area contributed by atoms with Crippen LogP contribution in [0.1, 0.15) is 20.3 Å². The van der Waals surface area contributed by atoms with Crippen molar-refractivity contribution in [3.05, 3.63) is 12.2 Å². The molecule has 0 aromatic rings. The van der Waals surface area contributed by atoms with Crippen LogP contribution < -0.4 is 0 Å². The third-order valence-electron chi connectivity index (χ3n) is 5.33. The van der Waals surface area contributed by atoms with E-state index in [4.69, 9.17) is 0 Å². The number of allylic oxidation sites excluding steroid dienone is 2. The summed E-state index contributed by atoms with van der Waals surface area (Å²) >= 11 is 0. The van der Waals surface area contributed by atoms with Gasteiger partial charge in [-0.3, -0.25) is 9.59 Å². The Kier molecular flexibility index (Phi) is 2.91. The van der Waals surface area contributed by atoms with Crippen LogP contribution in [0, 0.1) is 35.5 Å². The molecule has 6 atom stereocenters. The summed E-state index contributed by atoms with van der Waals surface area (Å²) in [4.78, 5) is 26.0. The van der Waals surface area contributed by atoms with Gasteiger partial charge in [0.25, 0.3) is 0 Å². The van der Waals surface area contributed by atoms with Crippen LogP contribution in [0.2, 0.25) is 0 Å². The van der Waals surface area contributed by atoms with Crippen LogP contribution in [0.5, 0.6) is 0 Å². The SMILES string of the molecule is CC1CN(C(=O)[C@H]2C3C=CC(C3)[C@H]2C(=O)O)CC1C. The Bertz CT molecular complexity index is 435. The van der Waals surface area contributed by atoms with Crippen molar-refractivity contribution in [3.63, 3.8) is 0 Å². The number of rotatable bonds is 2. The first-order valence-electron chi connectivity index (χ1n) is 7.19. The van der Waals surface area contributed by atoms with E-state index >= 15 is 0 Å². The molecule has 1 saturated carbocycles. The van der Waals surface area contributed by atoms with Gasteiger partial charge in [0.1, 0.15) is 0 Å². The minimum absolute atomic E-state index is 0.0638. The van der Waals surface area contributed by atoms with E-state index < -0.39 is 11.9 Å². The Labute approximate surface area is 113 Å². The van der Waals surface area contributed by atoms with Gasteiger partial charge in [0.05, 0.1) is 11.8 Å². The Morgan fingerprint density at radius 1 is 1.05 bits per heavy atom. The van der Waals surface area contributed by atoms with Crippen molar-refractivity contribution in [2.24, 2.45) is 35.5 Å². The van der Waals surface area contributed by atoms with Gasteiger partial charge in [-0.1, -0.05) is 26.0 Å². The molecule has 1 N–H and O–H groups in total. The molecule has 4 heteroatoms. The van der Waals surface area contributed by atoms with Crippen molar-refractivity contribution in [3.8, 4) is 0 Å². The van der Waals surface area contributed by atoms with E-state index in [9.17, 15) is 14.7 Å². The topological polar surface area (TPSA) is 57.6 Å². The fourth-order valence-electron chi connectivity index (χ4n) is 4.02. The molecule has 1 saturated heterocycles. The van der Waals surface area contributed by atoms with Gasteiger partial charge in [0.15, 0.2) is 0 Å². The largest absolute Gasteiger partial charge is 0.481 e. The summed E-state index contributed by atoms with van der Waals surface area (Å²) in [5.74, 6) is -0.337. The summed E-state index contributed by atoms with van der Waals surface area (Å²) in [5, 5.41) is 9.40. The highest BCUT2D eigenvalue weighted by Crippen LogP contribution is 2.49. The quantitative estimate of drug-likeness (QED) is 0.770. The fraction of sp³-hybridized carbons (Fsp3) is 0.733. The Morgan fingerprint density at radius 3 is 2.11 bits per heavy atom. The first kappa shape index (κ1) is 12.7. The molecule has 0 aromatic heterocycles. The number of amides is 1. The third kappa shape index (κ3) is 1.88. The molecule has 19 heavy (non-hydrogen) atoms. The molecule has 104 valence electrons. The molecule has 2 bridgehead atoms. The van der Waals surface area contributed by atoms with Crippen LogP contribution in [0.15, 0.2) is 12.2 Å². The molecule has 1 aliphatic heterocycles. The molecular formula is C15H21NO3. The number of likely N-dealkylation sites (tertiary alicyclic amines) is 1. The first-order valence-corrected chi connectivity index (χ1v) is 7.19. The number of aliphatic carboxylic acids is 1. The summed E-state index contributed by atoms with van der Waals surface area (Å²) in [6, 6.07) is 0. The van der Waals surface area contributed by atoms with Crippen molar-refractivity contribution < 1.29 is 14.7 Å². The van der Waals surface area contributed by atoms with E-state index in [2.05, 4.69) is 19.9 Å².